The van der Waals surface area contributed by atoms with E-state index in [2.05, 4.69) is 39.0 Å². The van der Waals surface area contributed by atoms with Crippen molar-refractivity contribution in [3.8, 4) is 0 Å². The van der Waals surface area contributed by atoms with Gasteiger partial charge in [-0.05, 0) is 59.3 Å². The minimum Gasteiger partial charge on any atom is -0.396 e. The minimum absolute atomic E-state index is 0.0653. The average Bonchev–Trinajstić information content (AvgIpc) is 2.38. The van der Waals surface area contributed by atoms with E-state index in [9.17, 15) is 0 Å². The van der Waals surface area contributed by atoms with Crippen LogP contribution in [0.4, 0.5) is 5.69 Å². The predicted molar refractivity (Wildman–Crippen MR) is 78.8 cm³/mol. The van der Waals surface area contributed by atoms with Crippen molar-refractivity contribution < 1.29 is 5.11 Å². The number of anilines is 1. The molecule has 3 nitrogen and oxygen atoms in total. The number of benzene rings is 1. The number of rotatable bonds is 3. The zero-order valence-electron chi connectivity index (χ0n) is 10.8. The van der Waals surface area contributed by atoms with Crippen LogP contribution < -0.4 is 10.6 Å². The van der Waals surface area contributed by atoms with Crippen molar-refractivity contribution in [2.24, 2.45) is 11.7 Å². The lowest BCUT2D eigenvalue weighted by molar-refractivity contribution is 0.203. The molecule has 18 heavy (non-hydrogen) atoms. The van der Waals surface area contributed by atoms with Crippen LogP contribution in [-0.2, 0) is 0 Å². The largest absolute Gasteiger partial charge is 0.396 e. The normalized spacial score (nSPS) is 19.0. The van der Waals surface area contributed by atoms with E-state index in [1.54, 1.807) is 0 Å². The Morgan fingerprint density at radius 3 is 2.61 bits per heavy atom. The van der Waals surface area contributed by atoms with Crippen LogP contribution >= 0.6 is 15.9 Å². The molecule has 3 N–H and O–H groups in total. The molecule has 2 rings (SSSR count). The van der Waals surface area contributed by atoms with Gasteiger partial charge in [-0.2, -0.15) is 0 Å². The van der Waals surface area contributed by atoms with Crippen molar-refractivity contribution in [2.75, 3.05) is 24.6 Å². The van der Waals surface area contributed by atoms with Crippen LogP contribution in [0.5, 0.6) is 0 Å². The smallest absolute Gasteiger partial charge is 0.0510 e. The van der Waals surface area contributed by atoms with Gasteiger partial charge in [-0.1, -0.05) is 6.07 Å². The fourth-order valence-electron chi connectivity index (χ4n) is 2.42. The maximum absolute atomic E-state index is 9.16. The molecule has 0 bridgehead atoms. The van der Waals surface area contributed by atoms with Gasteiger partial charge in [0.25, 0.3) is 0 Å². The summed E-state index contributed by atoms with van der Waals surface area (Å²) in [5.74, 6) is 0.475. The molecule has 1 aromatic rings. The van der Waals surface area contributed by atoms with Crippen LogP contribution in [0.3, 0.4) is 0 Å². The lowest BCUT2D eigenvalue weighted by Crippen LogP contribution is -2.34. The maximum Gasteiger partial charge on any atom is 0.0510 e. The van der Waals surface area contributed by atoms with Crippen molar-refractivity contribution in [2.45, 2.75) is 25.8 Å². The number of piperidine rings is 1. The van der Waals surface area contributed by atoms with Gasteiger partial charge in [-0.25, -0.2) is 0 Å². The number of nitrogens with zero attached hydrogens (tertiary/aromatic N) is 1. The second-order valence-electron chi connectivity index (χ2n) is 5.11. The van der Waals surface area contributed by atoms with Gasteiger partial charge in [-0.15, -0.1) is 0 Å². The Bertz CT molecular complexity index is 401. The molecule has 1 aliphatic rings. The van der Waals surface area contributed by atoms with E-state index in [-0.39, 0.29) is 6.04 Å². The molecule has 0 radical (unpaired) electrons. The first kappa shape index (κ1) is 13.8. The molecule has 0 amide bonds. The summed E-state index contributed by atoms with van der Waals surface area (Å²) in [5, 5.41) is 9.16. The lowest BCUT2D eigenvalue weighted by Gasteiger charge is -2.33. The van der Waals surface area contributed by atoms with Gasteiger partial charge in [0.15, 0.2) is 0 Å². The molecule has 0 unspecified atom stereocenters. The SMILES string of the molecule is C[C@@H](N)c1ccc(N2CCC(CO)CC2)c(Br)c1. The fraction of sp³-hybridized carbons (Fsp3) is 0.571. The van der Waals surface area contributed by atoms with E-state index in [4.69, 9.17) is 10.8 Å². The van der Waals surface area contributed by atoms with E-state index in [1.807, 2.05) is 6.92 Å². The maximum atomic E-state index is 9.16. The molecule has 0 aliphatic carbocycles. The summed E-state index contributed by atoms with van der Waals surface area (Å²) in [5.41, 5.74) is 8.27. The van der Waals surface area contributed by atoms with Gasteiger partial charge < -0.3 is 15.7 Å². The summed E-state index contributed by atoms with van der Waals surface area (Å²) in [6.07, 6.45) is 2.13. The molecule has 1 aromatic carbocycles. The molecule has 1 heterocycles. The van der Waals surface area contributed by atoms with Crippen LogP contribution in [0.1, 0.15) is 31.4 Å². The third-order valence-corrected chi connectivity index (χ3v) is 4.35. The van der Waals surface area contributed by atoms with E-state index >= 15 is 0 Å². The first-order valence-corrected chi connectivity index (χ1v) is 7.32. The van der Waals surface area contributed by atoms with Gasteiger partial charge in [0.05, 0.1) is 5.69 Å². The zero-order valence-corrected chi connectivity index (χ0v) is 12.4. The van der Waals surface area contributed by atoms with E-state index in [0.29, 0.717) is 12.5 Å². The first-order chi connectivity index (χ1) is 8.61. The van der Waals surface area contributed by atoms with Crippen LogP contribution in [0.25, 0.3) is 0 Å². The van der Waals surface area contributed by atoms with Crippen LogP contribution in [-0.4, -0.2) is 24.8 Å². The number of halogens is 1. The molecule has 0 spiro atoms. The number of hydrogen-bond acceptors (Lipinski definition) is 3. The highest BCUT2D eigenvalue weighted by molar-refractivity contribution is 9.10. The van der Waals surface area contributed by atoms with Crippen molar-refractivity contribution in [1.29, 1.82) is 0 Å². The molecule has 0 aromatic heterocycles. The Kier molecular flexibility index (Phi) is 4.65. The summed E-state index contributed by atoms with van der Waals surface area (Å²) in [6.45, 7) is 4.34. The molecule has 1 saturated heterocycles. The van der Waals surface area contributed by atoms with Gasteiger partial charge in [0, 0.05) is 30.2 Å². The number of nitrogens with two attached hydrogens (primary N) is 1. The third kappa shape index (κ3) is 3.05. The Hall–Kier alpha value is -0.580. The number of aliphatic hydroxyl groups is 1. The van der Waals surface area contributed by atoms with Crippen molar-refractivity contribution in [3.05, 3.63) is 28.2 Å². The van der Waals surface area contributed by atoms with Crippen LogP contribution in [0, 0.1) is 5.92 Å². The second-order valence-corrected chi connectivity index (χ2v) is 5.97. The van der Waals surface area contributed by atoms with Gasteiger partial charge in [0.2, 0.25) is 0 Å². The number of aliphatic hydroxyl groups excluding tert-OH is 1. The Balaban J connectivity index is 2.10. The van der Waals surface area contributed by atoms with Crippen molar-refractivity contribution >= 4 is 21.6 Å². The summed E-state index contributed by atoms with van der Waals surface area (Å²) >= 11 is 3.64. The zero-order chi connectivity index (χ0) is 13.1. The Labute approximate surface area is 117 Å². The molecule has 1 atom stereocenters. The molecule has 1 fully saturated rings. The lowest BCUT2D eigenvalue weighted by atomic mass is 9.97. The van der Waals surface area contributed by atoms with Crippen molar-refractivity contribution in [3.63, 3.8) is 0 Å². The second kappa shape index (κ2) is 6.04. The molecule has 4 heteroatoms. The van der Waals surface area contributed by atoms with Gasteiger partial charge >= 0.3 is 0 Å². The van der Waals surface area contributed by atoms with Crippen molar-refractivity contribution in [1.82, 2.24) is 0 Å². The molecular formula is C14H21BrN2O. The molecular weight excluding hydrogens is 292 g/mol. The van der Waals surface area contributed by atoms with Crippen LogP contribution in [0.15, 0.2) is 22.7 Å². The van der Waals surface area contributed by atoms with Gasteiger partial charge in [0.1, 0.15) is 0 Å². The summed E-state index contributed by atoms with van der Waals surface area (Å²) in [7, 11) is 0. The Morgan fingerprint density at radius 2 is 2.11 bits per heavy atom. The first-order valence-electron chi connectivity index (χ1n) is 6.52. The average molecular weight is 313 g/mol. The summed E-state index contributed by atoms with van der Waals surface area (Å²) < 4.78 is 1.11. The quantitative estimate of drug-likeness (QED) is 0.902. The summed E-state index contributed by atoms with van der Waals surface area (Å²) in [4.78, 5) is 2.38. The van der Waals surface area contributed by atoms with E-state index in [0.717, 1.165) is 36.0 Å². The highest BCUT2D eigenvalue weighted by Crippen LogP contribution is 2.31. The van der Waals surface area contributed by atoms with Gasteiger partial charge in [-0.3, -0.25) is 0 Å². The fourth-order valence-corrected chi connectivity index (χ4v) is 3.07. The molecule has 0 saturated carbocycles. The monoisotopic (exact) mass is 312 g/mol. The highest BCUT2D eigenvalue weighted by Gasteiger charge is 2.20. The van der Waals surface area contributed by atoms with E-state index in [1.165, 1.54) is 5.69 Å². The standard InChI is InChI=1S/C14H21BrN2O/c1-10(16)12-2-3-14(13(15)8-12)17-6-4-11(9-18)5-7-17/h2-3,8,10-11,18H,4-7,9,16H2,1H3/t10-/m1/s1. The summed E-state index contributed by atoms with van der Waals surface area (Å²) in [6, 6.07) is 6.42. The topological polar surface area (TPSA) is 49.5 Å². The van der Waals surface area contributed by atoms with Crippen LogP contribution in [0.2, 0.25) is 0 Å². The Morgan fingerprint density at radius 1 is 1.44 bits per heavy atom. The highest BCUT2D eigenvalue weighted by atomic mass is 79.9. The van der Waals surface area contributed by atoms with E-state index < -0.39 is 0 Å². The molecule has 1 aliphatic heterocycles. The molecule has 100 valence electrons. The third-order valence-electron chi connectivity index (χ3n) is 3.71. The predicted octanol–water partition coefficient (Wildman–Crippen LogP) is 2.68. The minimum atomic E-state index is 0.0653. The number of hydrogen-bond donors (Lipinski definition) is 2.